The molecule has 0 radical (unpaired) electrons. The number of hydrogen-bond acceptors (Lipinski definition) is 4. The van der Waals surface area contributed by atoms with Crippen LogP contribution in [0.4, 0.5) is 0 Å². The van der Waals surface area contributed by atoms with E-state index in [-0.39, 0.29) is 5.91 Å². The molecular weight excluding hydrogens is 336 g/mol. The van der Waals surface area contributed by atoms with E-state index >= 15 is 0 Å². The average molecular weight is 349 g/mol. The first-order valence-corrected chi connectivity index (χ1v) is 7.07. The largest absolute Gasteiger partial charge is 0.336 e. The number of nitrogens with zero attached hydrogens (tertiary/aromatic N) is 6. The molecule has 0 aromatic carbocycles. The number of halogens is 1. The molecule has 108 valence electrons. The van der Waals surface area contributed by atoms with Crippen molar-refractivity contribution >= 4 is 27.5 Å². The lowest BCUT2D eigenvalue weighted by molar-refractivity contribution is 0.0783. The highest BCUT2D eigenvalue weighted by atomic mass is 79.9. The molecule has 0 saturated heterocycles. The third kappa shape index (κ3) is 2.42. The van der Waals surface area contributed by atoms with Gasteiger partial charge >= 0.3 is 0 Å². The fourth-order valence-electron chi connectivity index (χ4n) is 2.09. The van der Waals surface area contributed by atoms with Crippen molar-refractivity contribution in [3.05, 3.63) is 46.6 Å². The van der Waals surface area contributed by atoms with Gasteiger partial charge in [-0.05, 0) is 22.0 Å². The normalized spacial score (nSPS) is 11.0. The van der Waals surface area contributed by atoms with E-state index in [2.05, 4.69) is 31.1 Å². The minimum absolute atomic E-state index is 0.128. The van der Waals surface area contributed by atoms with Gasteiger partial charge in [-0.25, -0.2) is 9.50 Å². The Kier molecular flexibility index (Phi) is 3.46. The van der Waals surface area contributed by atoms with E-state index in [0.29, 0.717) is 17.8 Å². The van der Waals surface area contributed by atoms with E-state index in [0.717, 1.165) is 10.2 Å². The number of carbonyl (C=O) groups excluding carboxylic acids is 1. The van der Waals surface area contributed by atoms with Crippen LogP contribution in [-0.4, -0.2) is 42.2 Å². The Balaban J connectivity index is 1.88. The van der Waals surface area contributed by atoms with Gasteiger partial charge in [-0.15, -0.1) is 0 Å². The summed E-state index contributed by atoms with van der Waals surface area (Å²) in [4.78, 5) is 18.4. The Labute approximate surface area is 129 Å². The van der Waals surface area contributed by atoms with Gasteiger partial charge in [0.25, 0.3) is 5.91 Å². The second-order valence-electron chi connectivity index (χ2n) is 4.67. The van der Waals surface area contributed by atoms with Crippen LogP contribution in [0.2, 0.25) is 0 Å². The van der Waals surface area contributed by atoms with E-state index in [1.165, 1.54) is 0 Å². The highest BCUT2D eigenvalue weighted by Crippen LogP contribution is 2.18. The third-order valence-electron chi connectivity index (χ3n) is 3.25. The standard InChI is InChI=1S/C13H13BrN6O/c1-18(8-11-10(14)7-16-19(11)2)13(21)9-6-17-20-5-3-4-15-12(9)20/h3-7H,8H2,1-2H3. The first kappa shape index (κ1) is 13.7. The van der Waals surface area contributed by atoms with Crippen molar-refractivity contribution in [2.45, 2.75) is 6.54 Å². The minimum atomic E-state index is -0.128. The zero-order chi connectivity index (χ0) is 15.0. The lowest BCUT2D eigenvalue weighted by atomic mass is 10.3. The van der Waals surface area contributed by atoms with Gasteiger partial charge in [-0.3, -0.25) is 9.48 Å². The Morgan fingerprint density at radius 2 is 2.19 bits per heavy atom. The van der Waals surface area contributed by atoms with Crippen molar-refractivity contribution in [1.82, 2.24) is 29.3 Å². The molecule has 3 aromatic rings. The van der Waals surface area contributed by atoms with E-state index in [1.807, 2.05) is 7.05 Å². The average Bonchev–Trinajstić information content (AvgIpc) is 3.05. The number of amides is 1. The van der Waals surface area contributed by atoms with Crippen molar-refractivity contribution < 1.29 is 4.79 Å². The van der Waals surface area contributed by atoms with Gasteiger partial charge in [0.2, 0.25) is 0 Å². The SMILES string of the molecule is CN(Cc1c(Br)cnn1C)C(=O)c1cnn2cccnc12. The minimum Gasteiger partial charge on any atom is -0.336 e. The number of carbonyl (C=O) groups is 1. The Morgan fingerprint density at radius 1 is 1.38 bits per heavy atom. The summed E-state index contributed by atoms with van der Waals surface area (Å²) in [5, 5.41) is 8.28. The molecule has 0 atom stereocenters. The predicted molar refractivity (Wildman–Crippen MR) is 79.7 cm³/mol. The molecule has 0 aliphatic rings. The first-order chi connectivity index (χ1) is 10.1. The molecule has 7 nitrogen and oxygen atoms in total. The second-order valence-corrected chi connectivity index (χ2v) is 5.52. The van der Waals surface area contributed by atoms with Crippen LogP contribution in [-0.2, 0) is 13.6 Å². The van der Waals surface area contributed by atoms with Gasteiger partial charge in [-0.1, -0.05) is 0 Å². The molecule has 0 spiro atoms. The van der Waals surface area contributed by atoms with Crippen LogP contribution in [0.5, 0.6) is 0 Å². The fraction of sp³-hybridized carbons (Fsp3) is 0.231. The number of rotatable bonds is 3. The second kappa shape index (κ2) is 5.28. The maximum atomic E-state index is 12.6. The van der Waals surface area contributed by atoms with E-state index in [4.69, 9.17) is 0 Å². The summed E-state index contributed by atoms with van der Waals surface area (Å²) in [6, 6.07) is 1.77. The summed E-state index contributed by atoms with van der Waals surface area (Å²) >= 11 is 3.43. The van der Waals surface area contributed by atoms with Gasteiger partial charge in [0, 0.05) is 26.5 Å². The van der Waals surface area contributed by atoms with E-state index < -0.39 is 0 Å². The molecule has 0 bridgehead atoms. The molecule has 21 heavy (non-hydrogen) atoms. The molecule has 0 saturated carbocycles. The van der Waals surface area contributed by atoms with Gasteiger partial charge in [0.1, 0.15) is 5.56 Å². The third-order valence-corrected chi connectivity index (χ3v) is 3.92. The summed E-state index contributed by atoms with van der Waals surface area (Å²) < 4.78 is 4.20. The van der Waals surface area contributed by atoms with Crippen molar-refractivity contribution in [1.29, 1.82) is 0 Å². The summed E-state index contributed by atoms with van der Waals surface area (Å²) in [6.45, 7) is 0.445. The summed E-state index contributed by atoms with van der Waals surface area (Å²) in [5.41, 5.74) is 1.96. The lowest BCUT2D eigenvalue weighted by Crippen LogP contribution is -2.27. The van der Waals surface area contributed by atoms with Crippen molar-refractivity contribution in [2.75, 3.05) is 7.05 Å². The predicted octanol–water partition coefficient (Wildman–Crippen LogP) is 1.50. The molecule has 0 N–H and O–H groups in total. The smallest absolute Gasteiger partial charge is 0.259 e. The topological polar surface area (TPSA) is 68.3 Å². The maximum Gasteiger partial charge on any atom is 0.259 e. The van der Waals surface area contributed by atoms with Gasteiger partial charge in [-0.2, -0.15) is 10.2 Å². The Morgan fingerprint density at radius 3 is 2.90 bits per heavy atom. The highest BCUT2D eigenvalue weighted by molar-refractivity contribution is 9.10. The van der Waals surface area contributed by atoms with Crippen LogP contribution in [0.15, 0.2) is 35.3 Å². The van der Waals surface area contributed by atoms with Crippen LogP contribution < -0.4 is 0 Å². The van der Waals surface area contributed by atoms with Gasteiger partial charge in [0.15, 0.2) is 5.65 Å². The molecule has 0 unspecified atom stereocenters. The summed E-state index contributed by atoms with van der Waals surface area (Å²) in [6.07, 6.45) is 6.66. The van der Waals surface area contributed by atoms with Crippen LogP contribution in [0, 0.1) is 0 Å². The molecular formula is C13H13BrN6O. The van der Waals surface area contributed by atoms with Crippen LogP contribution >= 0.6 is 15.9 Å². The maximum absolute atomic E-state index is 12.6. The zero-order valence-electron chi connectivity index (χ0n) is 11.6. The highest BCUT2D eigenvalue weighted by Gasteiger charge is 2.19. The molecule has 3 heterocycles. The van der Waals surface area contributed by atoms with Crippen molar-refractivity contribution in [3.63, 3.8) is 0 Å². The Hall–Kier alpha value is -2.22. The summed E-state index contributed by atoms with van der Waals surface area (Å²) in [5.74, 6) is -0.128. The molecule has 0 aliphatic heterocycles. The number of hydrogen-bond donors (Lipinski definition) is 0. The molecule has 1 amide bonds. The molecule has 8 heteroatoms. The van der Waals surface area contributed by atoms with Crippen LogP contribution in [0.3, 0.4) is 0 Å². The lowest BCUT2D eigenvalue weighted by Gasteiger charge is -2.16. The zero-order valence-corrected chi connectivity index (χ0v) is 13.1. The molecule has 0 aliphatic carbocycles. The number of fused-ring (bicyclic) bond motifs is 1. The fourth-order valence-corrected chi connectivity index (χ4v) is 2.57. The van der Waals surface area contributed by atoms with Crippen molar-refractivity contribution in [3.8, 4) is 0 Å². The Bertz CT molecular complexity index is 788. The van der Waals surface area contributed by atoms with Gasteiger partial charge in [0.05, 0.1) is 29.1 Å². The number of aryl methyl sites for hydroxylation is 1. The van der Waals surface area contributed by atoms with E-state index in [9.17, 15) is 4.79 Å². The molecule has 3 aromatic heterocycles. The monoisotopic (exact) mass is 348 g/mol. The first-order valence-electron chi connectivity index (χ1n) is 6.28. The summed E-state index contributed by atoms with van der Waals surface area (Å²) in [7, 11) is 3.59. The van der Waals surface area contributed by atoms with E-state index in [1.54, 1.807) is 52.0 Å². The number of aromatic nitrogens is 5. The van der Waals surface area contributed by atoms with Crippen LogP contribution in [0.1, 0.15) is 16.1 Å². The van der Waals surface area contributed by atoms with Gasteiger partial charge < -0.3 is 4.90 Å². The van der Waals surface area contributed by atoms with Crippen molar-refractivity contribution in [2.24, 2.45) is 7.05 Å². The quantitative estimate of drug-likeness (QED) is 0.719. The molecule has 0 fully saturated rings. The molecule has 3 rings (SSSR count). The van der Waals surface area contributed by atoms with Crippen LogP contribution in [0.25, 0.3) is 5.65 Å².